The first kappa shape index (κ1) is 15.6. The van der Waals surface area contributed by atoms with E-state index in [1.54, 1.807) is 11.3 Å². The number of nitrogens with one attached hydrogen (secondary N) is 1. The second-order valence-electron chi connectivity index (χ2n) is 4.04. The summed E-state index contributed by atoms with van der Waals surface area (Å²) in [6.45, 7) is 1.83. The third kappa shape index (κ3) is 4.35. The topological polar surface area (TPSA) is 21.3 Å². The predicted molar refractivity (Wildman–Crippen MR) is 91.0 cm³/mol. The fourth-order valence-corrected chi connectivity index (χ4v) is 3.58. The third-order valence-corrected chi connectivity index (χ3v) is 5.05. The molecule has 2 aromatic rings. The molecule has 2 nitrogen and oxygen atoms in total. The summed E-state index contributed by atoms with van der Waals surface area (Å²) in [4.78, 5) is 1.28. The van der Waals surface area contributed by atoms with Gasteiger partial charge < -0.3 is 10.1 Å². The minimum Gasteiger partial charge on any atom is -0.481 e. The first-order valence-electron chi connectivity index (χ1n) is 5.98. The fraction of sp³-hybridized carbons (Fsp3) is 0.200. The van der Waals surface area contributed by atoms with E-state index in [1.165, 1.54) is 4.88 Å². The van der Waals surface area contributed by atoms with Crippen molar-refractivity contribution in [2.45, 2.75) is 13.1 Å². The van der Waals surface area contributed by atoms with Crippen LogP contribution in [0.25, 0.3) is 0 Å². The lowest BCUT2D eigenvalue weighted by molar-refractivity contribution is 0.364. The van der Waals surface area contributed by atoms with Crippen molar-refractivity contribution in [1.29, 1.82) is 0 Å². The summed E-state index contributed by atoms with van der Waals surface area (Å²) in [5, 5.41) is 5.49. The van der Waals surface area contributed by atoms with Gasteiger partial charge in [0.05, 0.1) is 0 Å². The maximum atomic E-state index is 5.55. The molecule has 1 N–H and O–H groups in total. The Labute approximate surface area is 139 Å². The highest BCUT2D eigenvalue weighted by molar-refractivity contribution is 9.10. The molecule has 0 bridgehead atoms. The molecule has 0 spiro atoms. The third-order valence-electron chi connectivity index (χ3n) is 2.63. The van der Waals surface area contributed by atoms with Crippen LogP contribution in [0.15, 0.2) is 38.6 Å². The van der Waals surface area contributed by atoms with Gasteiger partial charge in [-0.25, -0.2) is 0 Å². The van der Waals surface area contributed by atoms with Gasteiger partial charge in [-0.05, 0) is 45.6 Å². The van der Waals surface area contributed by atoms with Crippen LogP contribution >= 0.6 is 43.2 Å². The molecule has 0 aliphatic carbocycles. The maximum Gasteiger partial charge on any atom is 0.148 e. The fourth-order valence-electron chi connectivity index (χ4n) is 1.71. The van der Waals surface area contributed by atoms with Gasteiger partial charge in [-0.3, -0.25) is 0 Å². The number of ether oxygens (including phenoxy) is 1. The van der Waals surface area contributed by atoms with Crippen molar-refractivity contribution in [1.82, 2.24) is 5.32 Å². The molecule has 2 rings (SSSR count). The average molecular weight is 415 g/mol. The molecule has 0 amide bonds. The lowest BCUT2D eigenvalue weighted by Gasteiger charge is -2.11. The van der Waals surface area contributed by atoms with Gasteiger partial charge in [0.1, 0.15) is 12.4 Å². The number of rotatable bonds is 6. The molecule has 104 valence electrons. The smallest absolute Gasteiger partial charge is 0.148 e. The molecule has 0 aliphatic heterocycles. The van der Waals surface area contributed by atoms with Crippen LogP contribution in [0, 0.1) is 12.3 Å². The van der Waals surface area contributed by atoms with Crippen LogP contribution < -0.4 is 10.1 Å². The van der Waals surface area contributed by atoms with Gasteiger partial charge in [0.25, 0.3) is 0 Å². The van der Waals surface area contributed by atoms with Crippen molar-refractivity contribution in [3.8, 4) is 18.1 Å². The normalized spacial score (nSPS) is 10.2. The van der Waals surface area contributed by atoms with E-state index in [4.69, 9.17) is 11.2 Å². The minimum absolute atomic E-state index is 0.283. The predicted octanol–water partition coefficient (Wildman–Crippen LogP) is 4.57. The summed E-state index contributed by atoms with van der Waals surface area (Å²) in [5.41, 5.74) is 1.09. The zero-order valence-corrected chi connectivity index (χ0v) is 14.6. The highest BCUT2D eigenvalue weighted by atomic mass is 79.9. The van der Waals surface area contributed by atoms with Crippen LogP contribution in [0.2, 0.25) is 0 Å². The molecule has 0 radical (unpaired) electrons. The van der Waals surface area contributed by atoms with Gasteiger partial charge in [0, 0.05) is 32.5 Å². The highest BCUT2D eigenvalue weighted by Crippen LogP contribution is 2.25. The van der Waals surface area contributed by atoms with Gasteiger partial charge >= 0.3 is 0 Å². The Morgan fingerprint density at radius 2 is 2.10 bits per heavy atom. The van der Waals surface area contributed by atoms with Crippen molar-refractivity contribution in [2.24, 2.45) is 0 Å². The molecule has 0 atom stereocenters. The molecule has 1 aromatic heterocycles. The first-order valence-corrected chi connectivity index (χ1v) is 8.44. The summed E-state index contributed by atoms with van der Waals surface area (Å²) in [7, 11) is 0. The summed E-state index contributed by atoms with van der Waals surface area (Å²) in [6, 6.07) is 7.98. The number of hydrogen-bond acceptors (Lipinski definition) is 3. The Balaban J connectivity index is 1.99. The standard InChI is InChI=1S/C15H13Br2NOS/c1-2-6-19-14-4-3-12(16)8-11(14)9-18-10-15-13(17)5-7-20-15/h1,3-5,7-8,18H,6,9-10H2. The molecule has 0 saturated carbocycles. The van der Waals surface area contributed by atoms with E-state index < -0.39 is 0 Å². The molecule has 0 aliphatic rings. The SMILES string of the molecule is C#CCOc1ccc(Br)cc1CNCc1sccc1Br. The number of benzene rings is 1. The lowest BCUT2D eigenvalue weighted by atomic mass is 10.2. The van der Waals surface area contributed by atoms with Crippen LogP contribution in [0.5, 0.6) is 5.75 Å². The summed E-state index contributed by atoms with van der Waals surface area (Å²) in [6.07, 6.45) is 5.23. The van der Waals surface area contributed by atoms with Crippen molar-refractivity contribution in [3.63, 3.8) is 0 Å². The molecular formula is C15H13Br2NOS. The first-order chi connectivity index (χ1) is 9.70. The quantitative estimate of drug-likeness (QED) is 0.698. The van der Waals surface area contributed by atoms with Gasteiger partial charge in [-0.2, -0.15) is 0 Å². The summed E-state index contributed by atoms with van der Waals surface area (Å²) < 4.78 is 7.72. The zero-order valence-electron chi connectivity index (χ0n) is 10.7. The van der Waals surface area contributed by atoms with E-state index in [0.717, 1.165) is 33.3 Å². The van der Waals surface area contributed by atoms with Crippen molar-refractivity contribution >= 4 is 43.2 Å². The molecule has 5 heteroatoms. The molecule has 0 fully saturated rings. The van der Waals surface area contributed by atoms with Crippen LogP contribution in [0.4, 0.5) is 0 Å². The molecule has 0 unspecified atom stereocenters. The number of halogens is 2. The van der Waals surface area contributed by atoms with Gasteiger partial charge in [-0.15, -0.1) is 17.8 Å². The molecule has 20 heavy (non-hydrogen) atoms. The molecule has 0 saturated heterocycles. The highest BCUT2D eigenvalue weighted by Gasteiger charge is 2.06. The van der Waals surface area contributed by atoms with E-state index >= 15 is 0 Å². The van der Waals surface area contributed by atoms with Crippen LogP contribution in [-0.2, 0) is 13.1 Å². The van der Waals surface area contributed by atoms with Crippen LogP contribution in [0.1, 0.15) is 10.4 Å². The van der Waals surface area contributed by atoms with Crippen LogP contribution in [-0.4, -0.2) is 6.61 Å². The van der Waals surface area contributed by atoms with Crippen molar-refractivity contribution in [3.05, 3.63) is 49.0 Å². The van der Waals surface area contributed by atoms with E-state index in [2.05, 4.69) is 54.5 Å². The van der Waals surface area contributed by atoms with Crippen molar-refractivity contribution in [2.75, 3.05) is 6.61 Å². The van der Waals surface area contributed by atoms with E-state index in [1.807, 2.05) is 18.2 Å². The minimum atomic E-state index is 0.283. The number of hydrogen-bond donors (Lipinski definition) is 1. The van der Waals surface area contributed by atoms with Gasteiger partial charge in [0.15, 0.2) is 0 Å². The monoisotopic (exact) mass is 413 g/mol. The Morgan fingerprint density at radius 3 is 2.80 bits per heavy atom. The van der Waals surface area contributed by atoms with Crippen LogP contribution in [0.3, 0.4) is 0 Å². The average Bonchev–Trinajstić information content (AvgIpc) is 2.84. The Hall–Kier alpha value is -0.800. The number of terminal acetylenes is 1. The van der Waals surface area contributed by atoms with E-state index in [0.29, 0.717) is 0 Å². The molecular weight excluding hydrogens is 402 g/mol. The van der Waals surface area contributed by atoms with Gasteiger partial charge in [-0.1, -0.05) is 21.9 Å². The molecule has 1 aromatic carbocycles. The summed E-state index contributed by atoms with van der Waals surface area (Å²) >= 11 is 8.74. The maximum absolute atomic E-state index is 5.55. The zero-order chi connectivity index (χ0) is 14.4. The van der Waals surface area contributed by atoms with Gasteiger partial charge in [0.2, 0.25) is 0 Å². The van der Waals surface area contributed by atoms with E-state index in [-0.39, 0.29) is 6.61 Å². The van der Waals surface area contributed by atoms with E-state index in [9.17, 15) is 0 Å². The Bertz CT molecular complexity index is 619. The lowest BCUT2D eigenvalue weighted by Crippen LogP contribution is -2.13. The second kappa shape index (κ2) is 7.84. The largest absolute Gasteiger partial charge is 0.481 e. The Morgan fingerprint density at radius 1 is 1.25 bits per heavy atom. The summed E-state index contributed by atoms with van der Waals surface area (Å²) in [5.74, 6) is 3.31. The number of thiophene rings is 1. The second-order valence-corrected chi connectivity index (χ2v) is 6.81. The molecule has 1 heterocycles. The Kier molecular flexibility index (Phi) is 6.11. The van der Waals surface area contributed by atoms with Crippen molar-refractivity contribution < 1.29 is 4.74 Å².